The summed E-state index contributed by atoms with van der Waals surface area (Å²) in [6.07, 6.45) is 0. The quantitative estimate of drug-likeness (QED) is 0.658. The molecular formula is C16H12ClFN2O. The van der Waals surface area contributed by atoms with Crippen LogP contribution in [0.4, 0.5) is 4.39 Å². The monoisotopic (exact) mass is 302 g/mol. The molecule has 0 spiro atoms. The van der Waals surface area contributed by atoms with Crippen molar-refractivity contribution in [3.8, 4) is 17.1 Å². The second-order valence-corrected chi connectivity index (χ2v) is 5.03. The molecule has 2 aromatic carbocycles. The van der Waals surface area contributed by atoms with Gasteiger partial charge in [-0.05, 0) is 31.2 Å². The molecule has 1 heterocycles. The lowest BCUT2D eigenvalue weighted by molar-refractivity contribution is 0.413. The summed E-state index contributed by atoms with van der Waals surface area (Å²) < 4.78 is 19.3. The van der Waals surface area contributed by atoms with Gasteiger partial charge in [0.15, 0.2) is 5.82 Å². The Hall–Kier alpha value is -2.20. The minimum absolute atomic E-state index is 0.212. The topological polar surface area (TPSA) is 35.0 Å². The molecule has 0 radical (unpaired) electrons. The molecule has 3 nitrogen and oxygen atoms in total. The van der Waals surface area contributed by atoms with Crippen molar-refractivity contribution in [3.63, 3.8) is 0 Å². The van der Waals surface area contributed by atoms with Gasteiger partial charge in [0.25, 0.3) is 0 Å². The molecule has 3 aromatic rings. The third-order valence-corrected chi connectivity index (χ3v) is 3.51. The van der Waals surface area contributed by atoms with Gasteiger partial charge in [-0.1, -0.05) is 29.3 Å². The number of hydrogen-bond acceptors (Lipinski definition) is 3. The molecule has 106 valence electrons. The lowest BCUT2D eigenvalue weighted by Gasteiger charge is -2.10. The summed E-state index contributed by atoms with van der Waals surface area (Å²) in [5.41, 5.74) is 1.94. The van der Waals surface area contributed by atoms with E-state index < -0.39 is 5.82 Å². The molecular weight excluding hydrogens is 291 g/mol. The maximum Gasteiger partial charge on any atom is 0.168 e. The highest BCUT2D eigenvalue weighted by Gasteiger charge is 2.16. The summed E-state index contributed by atoms with van der Waals surface area (Å²) in [5.74, 6) is 0.140. The first-order valence-electron chi connectivity index (χ1n) is 6.37. The van der Waals surface area contributed by atoms with Gasteiger partial charge in [-0.25, -0.2) is 14.4 Å². The number of rotatable bonds is 2. The van der Waals surface area contributed by atoms with Gasteiger partial charge in [0.1, 0.15) is 16.7 Å². The Morgan fingerprint density at radius 2 is 1.95 bits per heavy atom. The molecule has 5 heteroatoms. The van der Waals surface area contributed by atoms with E-state index in [0.29, 0.717) is 16.4 Å². The van der Waals surface area contributed by atoms with E-state index in [1.165, 1.54) is 13.2 Å². The van der Waals surface area contributed by atoms with Gasteiger partial charge in [0.05, 0.1) is 18.2 Å². The number of aryl methyl sites for hydroxylation is 1. The first kappa shape index (κ1) is 13.8. The van der Waals surface area contributed by atoms with Crippen molar-refractivity contribution in [1.29, 1.82) is 0 Å². The maximum atomic E-state index is 14.1. The lowest BCUT2D eigenvalue weighted by Crippen LogP contribution is -1.97. The van der Waals surface area contributed by atoms with Crippen LogP contribution in [0, 0.1) is 12.7 Å². The van der Waals surface area contributed by atoms with E-state index in [0.717, 1.165) is 10.9 Å². The van der Waals surface area contributed by atoms with Gasteiger partial charge in [-0.15, -0.1) is 0 Å². The summed E-state index contributed by atoms with van der Waals surface area (Å²) >= 11 is 6.22. The predicted molar refractivity (Wildman–Crippen MR) is 81.2 cm³/mol. The number of benzene rings is 2. The van der Waals surface area contributed by atoms with Gasteiger partial charge >= 0.3 is 0 Å². The van der Waals surface area contributed by atoms with Crippen LogP contribution >= 0.6 is 11.6 Å². The number of methoxy groups -OCH3 is 1. The number of nitrogens with zero attached hydrogens (tertiary/aromatic N) is 2. The summed E-state index contributed by atoms with van der Waals surface area (Å²) in [5, 5.41) is 1.04. The minimum Gasteiger partial charge on any atom is -0.496 e. The van der Waals surface area contributed by atoms with Crippen LogP contribution in [0.2, 0.25) is 5.15 Å². The van der Waals surface area contributed by atoms with Crippen LogP contribution in [0.3, 0.4) is 0 Å². The molecule has 0 saturated carbocycles. The van der Waals surface area contributed by atoms with Crippen molar-refractivity contribution in [2.24, 2.45) is 0 Å². The number of fused-ring (bicyclic) bond motifs is 1. The Morgan fingerprint density at radius 3 is 2.71 bits per heavy atom. The molecule has 3 rings (SSSR count). The highest BCUT2D eigenvalue weighted by atomic mass is 35.5. The van der Waals surface area contributed by atoms with Gasteiger partial charge < -0.3 is 4.74 Å². The van der Waals surface area contributed by atoms with E-state index >= 15 is 0 Å². The van der Waals surface area contributed by atoms with E-state index in [1.807, 2.05) is 25.1 Å². The first-order chi connectivity index (χ1) is 10.1. The van der Waals surface area contributed by atoms with Crippen LogP contribution in [0.15, 0.2) is 36.4 Å². The van der Waals surface area contributed by atoms with Crippen molar-refractivity contribution in [1.82, 2.24) is 9.97 Å². The van der Waals surface area contributed by atoms with Gasteiger partial charge in [-0.2, -0.15) is 0 Å². The van der Waals surface area contributed by atoms with Gasteiger partial charge in [-0.3, -0.25) is 0 Å². The Balaban J connectivity index is 2.29. The van der Waals surface area contributed by atoms with Crippen LogP contribution < -0.4 is 4.74 Å². The third kappa shape index (κ3) is 2.43. The van der Waals surface area contributed by atoms with E-state index in [4.69, 9.17) is 16.3 Å². The number of aromatic nitrogens is 2. The van der Waals surface area contributed by atoms with E-state index in [-0.39, 0.29) is 11.4 Å². The molecule has 0 unspecified atom stereocenters. The second-order valence-electron chi connectivity index (χ2n) is 4.68. The van der Waals surface area contributed by atoms with Crippen molar-refractivity contribution >= 4 is 22.5 Å². The Labute approximate surface area is 126 Å². The summed E-state index contributed by atoms with van der Waals surface area (Å²) in [6.45, 7) is 1.96. The average molecular weight is 303 g/mol. The summed E-state index contributed by atoms with van der Waals surface area (Å²) in [4.78, 5) is 8.62. The predicted octanol–water partition coefficient (Wildman–Crippen LogP) is 4.41. The second kappa shape index (κ2) is 5.30. The van der Waals surface area contributed by atoms with Crippen molar-refractivity contribution < 1.29 is 9.13 Å². The molecule has 0 aliphatic rings. The fourth-order valence-corrected chi connectivity index (χ4v) is 2.44. The summed E-state index contributed by atoms with van der Waals surface area (Å²) in [6, 6.07) is 10.2. The van der Waals surface area contributed by atoms with Gasteiger partial charge in [0.2, 0.25) is 0 Å². The van der Waals surface area contributed by atoms with Crippen LogP contribution in [0.1, 0.15) is 5.56 Å². The van der Waals surface area contributed by atoms with Crippen molar-refractivity contribution in [2.45, 2.75) is 6.92 Å². The van der Waals surface area contributed by atoms with Crippen molar-refractivity contribution in [3.05, 3.63) is 52.9 Å². The molecule has 0 saturated heterocycles. The molecule has 21 heavy (non-hydrogen) atoms. The zero-order valence-electron chi connectivity index (χ0n) is 11.5. The molecule has 0 atom stereocenters. The lowest BCUT2D eigenvalue weighted by atomic mass is 10.1. The zero-order valence-corrected chi connectivity index (χ0v) is 12.3. The molecule has 0 aliphatic carbocycles. The molecule has 0 bridgehead atoms. The van der Waals surface area contributed by atoms with Crippen LogP contribution in [0.5, 0.6) is 5.75 Å². The van der Waals surface area contributed by atoms with E-state index in [1.54, 1.807) is 12.1 Å². The fraction of sp³-hybridized carbons (Fsp3) is 0.125. The molecule has 0 fully saturated rings. The highest BCUT2D eigenvalue weighted by Crippen LogP contribution is 2.32. The Kier molecular flexibility index (Phi) is 3.47. The largest absolute Gasteiger partial charge is 0.496 e. The zero-order chi connectivity index (χ0) is 15.0. The minimum atomic E-state index is -0.447. The summed E-state index contributed by atoms with van der Waals surface area (Å²) in [7, 11) is 1.48. The Bertz CT molecular complexity index is 836. The number of hydrogen-bond donors (Lipinski definition) is 0. The maximum absolute atomic E-state index is 14.1. The SMILES string of the molecule is COc1cccc(F)c1-c1nc(Cl)c2cc(C)ccc2n1. The molecule has 0 amide bonds. The van der Waals surface area contributed by atoms with E-state index in [2.05, 4.69) is 9.97 Å². The number of halogens is 2. The van der Waals surface area contributed by atoms with Crippen LogP contribution in [-0.2, 0) is 0 Å². The van der Waals surface area contributed by atoms with Crippen LogP contribution in [0.25, 0.3) is 22.3 Å². The smallest absolute Gasteiger partial charge is 0.168 e. The molecule has 1 aromatic heterocycles. The number of ether oxygens (including phenoxy) is 1. The van der Waals surface area contributed by atoms with Crippen molar-refractivity contribution in [2.75, 3.05) is 7.11 Å². The van der Waals surface area contributed by atoms with Crippen LogP contribution in [-0.4, -0.2) is 17.1 Å². The highest BCUT2D eigenvalue weighted by molar-refractivity contribution is 6.34. The van der Waals surface area contributed by atoms with Gasteiger partial charge in [0, 0.05) is 5.39 Å². The molecule has 0 aliphatic heterocycles. The fourth-order valence-electron chi connectivity index (χ4n) is 2.21. The average Bonchev–Trinajstić information content (AvgIpc) is 2.47. The normalized spacial score (nSPS) is 10.9. The van der Waals surface area contributed by atoms with E-state index in [9.17, 15) is 4.39 Å². The third-order valence-electron chi connectivity index (χ3n) is 3.22. The standard InChI is InChI=1S/C16H12ClFN2O/c1-9-6-7-12-10(8-9)15(17)20-16(19-12)14-11(18)4-3-5-13(14)21-2/h3-8H,1-2H3. The molecule has 0 N–H and O–H groups in total. The first-order valence-corrected chi connectivity index (χ1v) is 6.74. The Morgan fingerprint density at radius 1 is 1.14 bits per heavy atom.